The molecule has 0 aliphatic carbocycles. The molecule has 0 spiro atoms. The second-order valence-corrected chi connectivity index (χ2v) is 8.75. The summed E-state index contributed by atoms with van der Waals surface area (Å²) in [5, 5.41) is 29.5. The van der Waals surface area contributed by atoms with Gasteiger partial charge in [0.1, 0.15) is 11.5 Å². The van der Waals surface area contributed by atoms with Gasteiger partial charge in [-0.1, -0.05) is 19.9 Å². The third kappa shape index (κ3) is 4.34. The van der Waals surface area contributed by atoms with Crippen molar-refractivity contribution in [2.45, 2.75) is 32.9 Å². The highest BCUT2D eigenvalue weighted by atomic mass is 16.3. The summed E-state index contributed by atoms with van der Waals surface area (Å²) >= 11 is 0. The molecular formula is C24H31N3O4. The van der Waals surface area contributed by atoms with Crippen LogP contribution in [-0.4, -0.2) is 70.4 Å². The number of benzene rings is 2. The van der Waals surface area contributed by atoms with Crippen LogP contribution in [0.25, 0.3) is 0 Å². The lowest BCUT2D eigenvalue weighted by atomic mass is 9.98. The number of aliphatic hydroxyl groups is 1. The molecule has 2 aromatic carbocycles. The van der Waals surface area contributed by atoms with E-state index < -0.39 is 0 Å². The fourth-order valence-electron chi connectivity index (χ4n) is 4.49. The Bertz CT molecular complexity index is 968. The predicted molar refractivity (Wildman–Crippen MR) is 120 cm³/mol. The predicted octanol–water partition coefficient (Wildman–Crippen LogP) is 2.49. The molecule has 0 unspecified atom stereocenters. The molecule has 3 N–H and O–H groups in total. The molecule has 4 rings (SSSR count). The van der Waals surface area contributed by atoms with Gasteiger partial charge in [0, 0.05) is 57.6 Å². The van der Waals surface area contributed by atoms with Crippen molar-refractivity contribution in [3.8, 4) is 11.5 Å². The fourth-order valence-corrected chi connectivity index (χ4v) is 4.49. The van der Waals surface area contributed by atoms with Crippen molar-refractivity contribution in [2.75, 3.05) is 44.2 Å². The summed E-state index contributed by atoms with van der Waals surface area (Å²) in [4.78, 5) is 19.5. The zero-order valence-electron chi connectivity index (χ0n) is 18.2. The van der Waals surface area contributed by atoms with E-state index >= 15 is 0 Å². The molecule has 2 heterocycles. The van der Waals surface area contributed by atoms with Crippen LogP contribution in [0.2, 0.25) is 0 Å². The van der Waals surface area contributed by atoms with Crippen molar-refractivity contribution < 1.29 is 20.1 Å². The Balaban J connectivity index is 1.48. The van der Waals surface area contributed by atoms with Crippen LogP contribution in [0, 0.1) is 0 Å². The number of anilines is 1. The van der Waals surface area contributed by atoms with E-state index in [1.807, 2.05) is 13.8 Å². The number of hydrogen-bond acceptors (Lipinski definition) is 6. The second-order valence-electron chi connectivity index (χ2n) is 8.75. The Morgan fingerprint density at radius 1 is 0.968 bits per heavy atom. The van der Waals surface area contributed by atoms with Crippen LogP contribution in [-0.2, 0) is 13.1 Å². The average Bonchev–Trinajstić information content (AvgIpc) is 3.17. The van der Waals surface area contributed by atoms with Gasteiger partial charge < -0.3 is 25.1 Å². The summed E-state index contributed by atoms with van der Waals surface area (Å²) in [5.74, 6) is -0.361. The fraction of sp³-hybridized carbons (Fsp3) is 0.458. The molecule has 2 aliphatic heterocycles. The van der Waals surface area contributed by atoms with E-state index in [0.717, 1.165) is 49.5 Å². The summed E-state index contributed by atoms with van der Waals surface area (Å²) in [7, 11) is 0. The molecule has 2 aromatic rings. The quantitative estimate of drug-likeness (QED) is 0.682. The number of nitrogens with zero attached hydrogens (tertiary/aromatic N) is 3. The van der Waals surface area contributed by atoms with Gasteiger partial charge in [-0.2, -0.15) is 0 Å². The lowest BCUT2D eigenvalue weighted by Gasteiger charge is -2.36. The summed E-state index contributed by atoms with van der Waals surface area (Å²) in [6.07, 6.45) is 0. The third-order valence-corrected chi connectivity index (χ3v) is 6.35. The number of aliphatic hydroxyl groups excluding tert-OH is 1. The van der Waals surface area contributed by atoms with E-state index in [1.54, 1.807) is 11.0 Å². The number of carbonyl (C=O) groups is 1. The van der Waals surface area contributed by atoms with Gasteiger partial charge in [-0.15, -0.1) is 0 Å². The van der Waals surface area contributed by atoms with Gasteiger partial charge in [-0.05, 0) is 40.8 Å². The normalized spacial score (nSPS) is 16.8. The summed E-state index contributed by atoms with van der Waals surface area (Å²) in [5.41, 5.74) is 4.30. The topological polar surface area (TPSA) is 87.5 Å². The number of piperazine rings is 1. The SMILES string of the molecule is CC(C)c1cc(C(=O)N2Cc3ccc(N4CCN(CCO)CC4)cc3C2)c(O)cc1O. The third-order valence-electron chi connectivity index (χ3n) is 6.35. The number of amides is 1. The van der Waals surface area contributed by atoms with Gasteiger partial charge in [-0.3, -0.25) is 9.69 Å². The van der Waals surface area contributed by atoms with Crippen LogP contribution in [0.15, 0.2) is 30.3 Å². The van der Waals surface area contributed by atoms with Gasteiger partial charge >= 0.3 is 0 Å². The Morgan fingerprint density at radius 3 is 2.35 bits per heavy atom. The number of phenols is 2. The molecule has 31 heavy (non-hydrogen) atoms. The molecule has 1 saturated heterocycles. The van der Waals surface area contributed by atoms with Gasteiger partial charge in [-0.25, -0.2) is 0 Å². The number of carbonyl (C=O) groups excluding carboxylic acids is 1. The van der Waals surface area contributed by atoms with Gasteiger partial charge in [0.05, 0.1) is 12.2 Å². The molecule has 7 heteroatoms. The van der Waals surface area contributed by atoms with Gasteiger partial charge in [0.2, 0.25) is 0 Å². The standard InChI is InChI=1S/C24H31N3O4/c1-16(2)20-12-21(23(30)13-22(20)29)24(31)27-14-17-3-4-19(11-18(17)15-27)26-7-5-25(6-8-26)9-10-28/h3-4,11-13,16,28-30H,5-10,14-15H2,1-2H3. The van der Waals surface area contributed by atoms with Crippen LogP contribution in [0.1, 0.15) is 46.8 Å². The smallest absolute Gasteiger partial charge is 0.258 e. The molecule has 0 radical (unpaired) electrons. The molecule has 7 nitrogen and oxygen atoms in total. The Kier molecular flexibility index (Phi) is 6.07. The van der Waals surface area contributed by atoms with Gasteiger partial charge in [0.25, 0.3) is 5.91 Å². The maximum absolute atomic E-state index is 13.2. The van der Waals surface area contributed by atoms with Crippen LogP contribution < -0.4 is 4.90 Å². The van der Waals surface area contributed by atoms with E-state index in [9.17, 15) is 15.0 Å². The lowest BCUT2D eigenvalue weighted by Crippen LogP contribution is -2.47. The zero-order chi connectivity index (χ0) is 22.1. The highest BCUT2D eigenvalue weighted by Gasteiger charge is 2.28. The van der Waals surface area contributed by atoms with Crippen LogP contribution in [0.5, 0.6) is 11.5 Å². The Hall–Kier alpha value is -2.77. The largest absolute Gasteiger partial charge is 0.508 e. The highest BCUT2D eigenvalue weighted by molar-refractivity contribution is 5.97. The monoisotopic (exact) mass is 425 g/mol. The number of fused-ring (bicyclic) bond motifs is 1. The zero-order valence-corrected chi connectivity index (χ0v) is 18.2. The van der Waals surface area contributed by atoms with Crippen molar-refractivity contribution in [3.05, 3.63) is 52.6 Å². The number of β-amino-alcohol motifs (C(OH)–C–C–N with tert-alkyl or cyclic N) is 1. The summed E-state index contributed by atoms with van der Waals surface area (Å²) in [6, 6.07) is 9.25. The van der Waals surface area contributed by atoms with Crippen molar-refractivity contribution in [1.29, 1.82) is 0 Å². The van der Waals surface area contributed by atoms with Crippen LogP contribution in [0.4, 0.5) is 5.69 Å². The van der Waals surface area contributed by atoms with E-state index in [-0.39, 0.29) is 35.5 Å². The Morgan fingerprint density at radius 2 is 1.68 bits per heavy atom. The van der Waals surface area contributed by atoms with Crippen molar-refractivity contribution in [3.63, 3.8) is 0 Å². The molecule has 2 aliphatic rings. The second kappa shape index (κ2) is 8.77. The minimum atomic E-state index is -0.227. The lowest BCUT2D eigenvalue weighted by molar-refractivity contribution is 0.0748. The van der Waals surface area contributed by atoms with Crippen LogP contribution >= 0.6 is 0 Å². The van der Waals surface area contributed by atoms with Crippen LogP contribution in [0.3, 0.4) is 0 Å². The average molecular weight is 426 g/mol. The first-order chi connectivity index (χ1) is 14.9. The molecule has 166 valence electrons. The first-order valence-electron chi connectivity index (χ1n) is 10.9. The van der Waals surface area contributed by atoms with Crippen molar-refractivity contribution in [2.24, 2.45) is 0 Å². The maximum Gasteiger partial charge on any atom is 0.258 e. The summed E-state index contributed by atoms with van der Waals surface area (Å²) in [6.45, 7) is 9.51. The molecule has 0 saturated carbocycles. The summed E-state index contributed by atoms with van der Waals surface area (Å²) < 4.78 is 0. The first-order valence-corrected chi connectivity index (χ1v) is 10.9. The van der Waals surface area contributed by atoms with E-state index in [2.05, 4.69) is 28.0 Å². The molecule has 0 aromatic heterocycles. The number of phenolic OH excluding ortho intramolecular Hbond substituents is 2. The molecule has 0 atom stereocenters. The highest BCUT2D eigenvalue weighted by Crippen LogP contribution is 2.35. The van der Waals surface area contributed by atoms with E-state index in [1.165, 1.54) is 6.07 Å². The van der Waals surface area contributed by atoms with Crippen molar-refractivity contribution in [1.82, 2.24) is 9.80 Å². The van der Waals surface area contributed by atoms with E-state index in [0.29, 0.717) is 18.7 Å². The van der Waals surface area contributed by atoms with Gasteiger partial charge in [0.15, 0.2) is 0 Å². The molecule has 1 fully saturated rings. The van der Waals surface area contributed by atoms with E-state index in [4.69, 9.17) is 5.11 Å². The first kappa shape index (κ1) is 21.5. The molecule has 0 bridgehead atoms. The Labute approximate surface area is 183 Å². The van der Waals surface area contributed by atoms with Crippen molar-refractivity contribution >= 4 is 11.6 Å². The number of rotatable bonds is 5. The minimum Gasteiger partial charge on any atom is -0.508 e. The number of hydrogen-bond donors (Lipinski definition) is 3. The maximum atomic E-state index is 13.2. The molecule has 1 amide bonds. The minimum absolute atomic E-state index is 0.0116. The number of aromatic hydroxyl groups is 2. The molecular weight excluding hydrogens is 394 g/mol.